The van der Waals surface area contributed by atoms with E-state index in [0.29, 0.717) is 12.2 Å². The molecule has 0 aliphatic heterocycles. The van der Waals surface area contributed by atoms with Crippen LogP contribution < -0.4 is 5.73 Å². The van der Waals surface area contributed by atoms with Crippen LogP contribution in [0, 0.1) is 0 Å². The third-order valence-corrected chi connectivity index (χ3v) is 3.38. The Labute approximate surface area is 128 Å². The molecule has 2 rings (SSSR count). The van der Waals surface area contributed by atoms with Gasteiger partial charge in [0, 0.05) is 26.3 Å². The number of rotatable bonds is 6. The summed E-state index contributed by atoms with van der Waals surface area (Å²) >= 11 is 0. The molecule has 0 aliphatic rings. The summed E-state index contributed by atoms with van der Waals surface area (Å²) < 4.78 is 1.57. The molecule has 22 heavy (non-hydrogen) atoms. The van der Waals surface area contributed by atoms with Crippen molar-refractivity contribution in [2.75, 3.05) is 13.2 Å². The molecular formula is C16H19N3O3. The molecule has 0 bridgehead atoms. The van der Waals surface area contributed by atoms with Crippen molar-refractivity contribution in [3.63, 3.8) is 0 Å². The van der Waals surface area contributed by atoms with Gasteiger partial charge in [-0.1, -0.05) is 30.3 Å². The minimum absolute atomic E-state index is 0.133. The smallest absolute Gasteiger partial charge is 0.270 e. The topological polar surface area (TPSA) is 88.6 Å². The van der Waals surface area contributed by atoms with Gasteiger partial charge in [0.1, 0.15) is 5.69 Å². The van der Waals surface area contributed by atoms with Gasteiger partial charge < -0.3 is 20.3 Å². The van der Waals surface area contributed by atoms with Gasteiger partial charge in [-0.3, -0.25) is 9.59 Å². The number of nitrogens with two attached hydrogens (primary N) is 1. The molecule has 0 spiro atoms. The number of aromatic nitrogens is 1. The second-order valence-corrected chi connectivity index (χ2v) is 5.03. The van der Waals surface area contributed by atoms with Gasteiger partial charge in [-0.15, -0.1) is 0 Å². The minimum Gasteiger partial charge on any atom is -0.395 e. The van der Waals surface area contributed by atoms with Crippen LogP contribution in [-0.2, 0) is 13.6 Å². The van der Waals surface area contributed by atoms with E-state index >= 15 is 0 Å². The van der Waals surface area contributed by atoms with Gasteiger partial charge in [0.05, 0.1) is 12.2 Å². The summed E-state index contributed by atoms with van der Waals surface area (Å²) in [6, 6.07) is 11.0. The number of aliphatic hydroxyl groups is 1. The zero-order valence-corrected chi connectivity index (χ0v) is 12.4. The number of hydrogen-bond acceptors (Lipinski definition) is 3. The predicted molar refractivity (Wildman–Crippen MR) is 82.2 cm³/mol. The van der Waals surface area contributed by atoms with Crippen molar-refractivity contribution in [3.05, 3.63) is 59.4 Å². The van der Waals surface area contributed by atoms with E-state index < -0.39 is 5.91 Å². The molecule has 0 radical (unpaired) electrons. The molecule has 2 amide bonds. The van der Waals surface area contributed by atoms with Gasteiger partial charge in [-0.05, 0) is 11.6 Å². The van der Waals surface area contributed by atoms with E-state index in [1.54, 1.807) is 11.6 Å². The Kier molecular flexibility index (Phi) is 4.95. The molecule has 0 saturated heterocycles. The van der Waals surface area contributed by atoms with Crippen LogP contribution >= 0.6 is 0 Å². The summed E-state index contributed by atoms with van der Waals surface area (Å²) in [6.45, 7) is 0.466. The molecule has 0 aliphatic carbocycles. The molecule has 116 valence electrons. The van der Waals surface area contributed by atoms with Gasteiger partial charge >= 0.3 is 0 Å². The van der Waals surface area contributed by atoms with Crippen LogP contribution in [0.1, 0.15) is 26.4 Å². The number of carbonyl (C=O) groups is 2. The van der Waals surface area contributed by atoms with Crippen LogP contribution in [0.25, 0.3) is 0 Å². The number of benzene rings is 1. The highest BCUT2D eigenvalue weighted by Gasteiger charge is 2.20. The lowest BCUT2D eigenvalue weighted by atomic mass is 10.2. The van der Waals surface area contributed by atoms with E-state index in [1.807, 2.05) is 30.3 Å². The summed E-state index contributed by atoms with van der Waals surface area (Å²) in [7, 11) is 1.68. The number of primary amides is 1. The van der Waals surface area contributed by atoms with Crippen LogP contribution in [0.5, 0.6) is 0 Å². The molecule has 1 aromatic carbocycles. The SMILES string of the molecule is Cn1cc(C(N)=O)cc1C(=O)N(CCO)Cc1ccccc1. The minimum atomic E-state index is -0.577. The highest BCUT2D eigenvalue weighted by Crippen LogP contribution is 2.13. The predicted octanol–water partition coefficient (Wildman–Crippen LogP) is 0.759. The van der Waals surface area contributed by atoms with Gasteiger partial charge in [-0.25, -0.2) is 0 Å². The number of aliphatic hydroxyl groups excluding tert-OH is 1. The van der Waals surface area contributed by atoms with Crippen LogP contribution in [0.2, 0.25) is 0 Å². The molecule has 3 N–H and O–H groups in total. The first-order chi connectivity index (χ1) is 10.5. The van der Waals surface area contributed by atoms with E-state index in [-0.39, 0.29) is 24.6 Å². The van der Waals surface area contributed by atoms with E-state index in [0.717, 1.165) is 5.56 Å². The Balaban J connectivity index is 2.24. The lowest BCUT2D eigenvalue weighted by Gasteiger charge is -2.22. The molecule has 2 aromatic rings. The fourth-order valence-electron chi connectivity index (χ4n) is 2.25. The highest BCUT2D eigenvalue weighted by molar-refractivity contribution is 5.98. The van der Waals surface area contributed by atoms with Crippen LogP contribution in [-0.4, -0.2) is 39.5 Å². The number of nitrogens with zero attached hydrogens (tertiary/aromatic N) is 2. The summed E-state index contributed by atoms with van der Waals surface area (Å²) in [4.78, 5) is 25.4. The lowest BCUT2D eigenvalue weighted by molar-refractivity contribution is 0.0698. The van der Waals surface area contributed by atoms with Gasteiger partial charge in [0.15, 0.2) is 0 Å². The second-order valence-electron chi connectivity index (χ2n) is 5.03. The molecular weight excluding hydrogens is 282 g/mol. The Morgan fingerprint density at radius 1 is 1.27 bits per heavy atom. The second kappa shape index (κ2) is 6.91. The largest absolute Gasteiger partial charge is 0.395 e. The van der Waals surface area contributed by atoms with Crippen molar-refractivity contribution < 1.29 is 14.7 Å². The number of amides is 2. The van der Waals surface area contributed by atoms with Crippen molar-refractivity contribution in [3.8, 4) is 0 Å². The molecule has 6 nitrogen and oxygen atoms in total. The van der Waals surface area contributed by atoms with Crippen LogP contribution in [0.15, 0.2) is 42.6 Å². The van der Waals surface area contributed by atoms with Gasteiger partial charge in [0.2, 0.25) is 5.91 Å². The highest BCUT2D eigenvalue weighted by atomic mass is 16.3. The maximum atomic E-state index is 12.6. The number of hydrogen-bond donors (Lipinski definition) is 2. The first-order valence-electron chi connectivity index (χ1n) is 6.93. The Hall–Kier alpha value is -2.60. The molecule has 1 aromatic heterocycles. The zero-order valence-electron chi connectivity index (χ0n) is 12.4. The Morgan fingerprint density at radius 3 is 2.50 bits per heavy atom. The lowest BCUT2D eigenvalue weighted by Crippen LogP contribution is -2.34. The molecule has 0 saturated carbocycles. The molecule has 0 fully saturated rings. The average Bonchev–Trinajstić information content (AvgIpc) is 2.89. The average molecular weight is 301 g/mol. The Morgan fingerprint density at radius 2 is 1.95 bits per heavy atom. The standard InChI is InChI=1S/C16H19N3O3/c1-18-11-13(15(17)21)9-14(18)16(22)19(7-8-20)10-12-5-3-2-4-6-12/h2-6,9,11,20H,7-8,10H2,1H3,(H2,17,21). The van der Waals surface area contributed by atoms with E-state index in [2.05, 4.69) is 0 Å². The van der Waals surface area contributed by atoms with Crippen LogP contribution in [0.4, 0.5) is 0 Å². The number of aryl methyl sites for hydroxylation is 1. The first-order valence-corrected chi connectivity index (χ1v) is 6.93. The normalized spacial score (nSPS) is 10.5. The molecule has 6 heteroatoms. The summed E-state index contributed by atoms with van der Waals surface area (Å²) in [5.74, 6) is -0.834. The molecule has 0 atom stereocenters. The quantitative estimate of drug-likeness (QED) is 0.825. The maximum Gasteiger partial charge on any atom is 0.270 e. The number of carbonyl (C=O) groups excluding carboxylic acids is 2. The van der Waals surface area contributed by atoms with Crippen molar-refractivity contribution >= 4 is 11.8 Å². The van der Waals surface area contributed by atoms with E-state index in [1.165, 1.54) is 17.2 Å². The summed E-state index contributed by atoms with van der Waals surface area (Å²) in [6.07, 6.45) is 1.52. The van der Waals surface area contributed by atoms with Crippen molar-refractivity contribution in [2.45, 2.75) is 6.54 Å². The van der Waals surface area contributed by atoms with Gasteiger partial charge in [-0.2, -0.15) is 0 Å². The monoisotopic (exact) mass is 301 g/mol. The zero-order chi connectivity index (χ0) is 16.1. The van der Waals surface area contributed by atoms with Crippen molar-refractivity contribution in [1.82, 2.24) is 9.47 Å². The van der Waals surface area contributed by atoms with Gasteiger partial charge in [0.25, 0.3) is 5.91 Å². The van der Waals surface area contributed by atoms with E-state index in [9.17, 15) is 14.7 Å². The van der Waals surface area contributed by atoms with E-state index in [4.69, 9.17) is 5.73 Å². The molecule has 1 heterocycles. The molecule has 0 unspecified atom stereocenters. The summed E-state index contributed by atoms with van der Waals surface area (Å²) in [5.41, 5.74) is 6.85. The fourth-order valence-corrected chi connectivity index (χ4v) is 2.25. The third kappa shape index (κ3) is 3.53. The van der Waals surface area contributed by atoms with Crippen molar-refractivity contribution in [2.24, 2.45) is 12.8 Å². The first kappa shape index (κ1) is 15.8. The third-order valence-electron chi connectivity index (χ3n) is 3.38. The summed E-state index contributed by atoms with van der Waals surface area (Å²) in [5, 5.41) is 9.20. The maximum absolute atomic E-state index is 12.6. The fraction of sp³-hybridized carbons (Fsp3) is 0.250. The van der Waals surface area contributed by atoms with Crippen LogP contribution in [0.3, 0.4) is 0 Å². The van der Waals surface area contributed by atoms with Crippen molar-refractivity contribution in [1.29, 1.82) is 0 Å². The Bertz CT molecular complexity index is 665.